The second kappa shape index (κ2) is 8.16. The predicted octanol–water partition coefficient (Wildman–Crippen LogP) is 3.85. The molecule has 0 radical (unpaired) electrons. The number of hydrogen-bond acceptors (Lipinski definition) is 5. The number of carbonyl (C=O) groups excluding carboxylic acids is 1. The number of carbonyl (C=O) groups is 1. The van der Waals surface area contributed by atoms with Crippen molar-refractivity contribution in [2.24, 2.45) is 11.6 Å². The Kier molecular flexibility index (Phi) is 5.96. The summed E-state index contributed by atoms with van der Waals surface area (Å²) in [6.45, 7) is 3.76. The molecular formula is C20H21ClF3N5O. The molecule has 1 aromatic carbocycles. The van der Waals surface area contributed by atoms with Crippen molar-refractivity contribution in [1.82, 2.24) is 9.88 Å². The molecular weight excluding hydrogens is 419 g/mol. The van der Waals surface area contributed by atoms with Crippen molar-refractivity contribution in [3.05, 3.63) is 69.6 Å². The monoisotopic (exact) mass is 439 g/mol. The largest absolute Gasteiger partial charge is 0.417 e. The van der Waals surface area contributed by atoms with Crippen LogP contribution in [0.25, 0.3) is 0 Å². The van der Waals surface area contributed by atoms with Gasteiger partial charge in [-0.15, -0.1) is 0 Å². The SMILES string of the molecule is Cc1cccnc1N(N)C1=C(N)C(C)N(C(=O)c2cccc(C(F)(F)F)c2Cl)CC1. The van der Waals surface area contributed by atoms with Crippen molar-refractivity contribution in [3.8, 4) is 0 Å². The third-order valence-electron chi connectivity index (χ3n) is 5.14. The molecule has 3 rings (SSSR count). The van der Waals surface area contributed by atoms with Crippen LogP contribution in [0.3, 0.4) is 0 Å². The molecule has 0 spiro atoms. The first-order valence-electron chi connectivity index (χ1n) is 9.15. The van der Waals surface area contributed by atoms with Crippen molar-refractivity contribution >= 4 is 23.3 Å². The third kappa shape index (κ3) is 3.95. The minimum atomic E-state index is -4.66. The fraction of sp³-hybridized carbons (Fsp3) is 0.300. The molecule has 2 aromatic rings. The summed E-state index contributed by atoms with van der Waals surface area (Å²) in [4.78, 5) is 18.6. The molecule has 0 fully saturated rings. The fourth-order valence-electron chi connectivity index (χ4n) is 3.44. The smallest absolute Gasteiger partial charge is 0.399 e. The van der Waals surface area contributed by atoms with Gasteiger partial charge in [0.1, 0.15) is 5.82 Å². The Balaban J connectivity index is 1.91. The molecule has 1 atom stereocenters. The van der Waals surface area contributed by atoms with Gasteiger partial charge < -0.3 is 10.6 Å². The first-order valence-corrected chi connectivity index (χ1v) is 9.53. The minimum Gasteiger partial charge on any atom is -0.399 e. The Morgan fingerprint density at radius 2 is 2.00 bits per heavy atom. The number of alkyl halides is 3. The number of hydrazine groups is 1. The molecule has 1 aromatic heterocycles. The maximum Gasteiger partial charge on any atom is 0.417 e. The zero-order valence-electron chi connectivity index (χ0n) is 16.4. The van der Waals surface area contributed by atoms with Crippen molar-refractivity contribution in [3.63, 3.8) is 0 Å². The summed E-state index contributed by atoms with van der Waals surface area (Å²) in [6, 6.07) is 6.32. The standard InChI is InChI=1S/C20H21ClF3N5O/c1-11-5-4-9-27-18(11)29(26)15-8-10-28(12(2)17(15)25)19(30)13-6-3-7-14(16(13)21)20(22,23)24/h3-7,9,12H,8,10,25-26H2,1-2H3. The van der Waals surface area contributed by atoms with Gasteiger partial charge in [0.25, 0.3) is 5.91 Å². The van der Waals surface area contributed by atoms with E-state index in [4.69, 9.17) is 23.2 Å². The average molecular weight is 440 g/mol. The molecule has 10 heteroatoms. The van der Waals surface area contributed by atoms with E-state index in [9.17, 15) is 18.0 Å². The van der Waals surface area contributed by atoms with Crippen molar-refractivity contribution in [2.45, 2.75) is 32.5 Å². The first kappa shape index (κ1) is 21.9. The molecule has 1 aliphatic heterocycles. The Labute approximate surface area is 176 Å². The number of nitrogens with two attached hydrogens (primary N) is 2. The summed E-state index contributed by atoms with van der Waals surface area (Å²) in [5, 5.41) is 0.764. The molecule has 0 saturated carbocycles. The Morgan fingerprint density at radius 3 is 2.63 bits per heavy atom. The van der Waals surface area contributed by atoms with Crippen molar-refractivity contribution in [2.75, 3.05) is 11.6 Å². The highest BCUT2D eigenvalue weighted by molar-refractivity contribution is 6.34. The number of halogens is 4. The summed E-state index contributed by atoms with van der Waals surface area (Å²) in [5.74, 6) is 6.14. The third-order valence-corrected chi connectivity index (χ3v) is 5.54. The Bertz CT molecular complexity index is 1010. The van der Waals surface area contributed by atoms with E-state index in [-0.39, 0.29) is 12.1 Å². The molecule has 1 unspecified atom stereocenters. The molecule has 1 aliphatic rings. The van der Waals surface area contributed by atoms with Crippen LogP contribution in [0.5, 0.6) is 0 Å². The molecule has 4 N–H and O–H groups in total. The molecule has 2 heterocycles. The average Bonchev–Trinajstić information content (AvgIpc) is 2.68. The summed E-state index contributed by atoms with van der Waals surface area (Å²) in [7, 11) is 0. The van der Waals surface area contributed by atoms with E-state index in [1.54, 1.807) is 19.2 Å². The first-order chi connectivity index (χ1) is 14.0. The number of anilines is 1. The number of hydrogen-bond donors (Lipinski definition) is 2. The number of benzene rings is 1. The van der Waals surface area contributed by atoms with Crippen LogP contribution in [0, 0.1) is 6.92 Å². The Morgan fingerprint density at radius 1 is 1.30 bits per heavy atom. The van der Waals surface area contributed by atoms with Gasteiger partial charge in [-0.25, -0.2) is 10.8 Å². The van der Waals surface area contributed by atoms with Gasteiger partial charge in [0, 0.05) is 19.2 Å². The summed E-state index contributed by atoms with van der Waals surface area (Å²) >= 11 is 5.92. The maximum absolute atomic E-state index is 13.1. The van der Waals surface area contributed by atoms with Crippen LogP contribution in [0.2, 0.25) is 5.02 Å². The van der Waals surface area contributed by atoms with Gasteiger partial charge in [-0.05, 0) is 37.6 Å². The van der Waals surface area contributed by atoms with E-state index in [0.717, 1.165) is 17.7 Å². The maximum atomic E-state index is 13.1. The van der Waals surface area contributed by atoms with Crippen LogP contribution in [-0.4, -0.2) is 28.4 Å². The topological polar surface area (TPSA) is 88.5 Å². The molecule has 1 amide bonds. The van der Waals surface area contributed by atoms with E-state index >= 15 is 0 Å². The van der Waals surface area contributed by atoms with Crippen LogP contribution >= 0.6 is 11.6 Å². The molecule has 0 aliphatic carbocycles. The second-order valence-electron chi connectivity index (χ2n) is 7.01. The number of amides is 1. The van der Waals surface area contributed by atoms with E-state index in [1.807, 2.05) is 13.0 Å². The number of aromatic nitrogens is 1. The Hall–Kier alpha value is -2.78. The minimum absolute atomic E-state index is 0.211. The van der Waals surface area contributed by atoms with E-state index in [2.05, 4.69) is 4.98 Å². The highest BCUT2D eigenvalue weighted by Crippen LogP contribution is 2.37. The molecule has 0 saturated heterocycles. The van der Waals surface area contributed by atoms with E-state index in [1.165, 1.54) is 16.0 Å². The zero-order valence-corrected chi connectivity index (χ0v) is 17.1. The van der Waals surface area contributed by atoms with Gasteiger partial charge in [-0.3, -0.25) is 9.80 Å². The predicted molar refractivity (Wildman–Crippen MR) is 108 cm³/mol. The fourth-order valence-corrected chi connectivity index (χ4v) is 3.75. The van der Waals surface area contributed by atoms with Crippen LogP contribution in [0.15, 0.2) is 47.9 Å². The van der Waals surface area contributed by atoms with Crippen LogP contribution in [0.1, 0.15) is 34.8 Å². The normalized spacial score (nSPS) is 17.3. The molecule has 0 bridgehead atoms. The number of rotatable bonds is 3. The van der Waals surface area contributed by atoms with Gasteiger partial charge in [0.15, 0.2) is 0 Å². The number of aryl methyl sites for hydroxylation is 1. The lowest BCUT2D eigenvalue weighted by atomic mass is 10.0. The van der Waals surface area contributed by atoms with Gasteiger partial charge in [-0.2, -0.15) is 13.2 Å². The van der Waals surface area contributed by atoms with Crippen LogP contribution in [0.4, 0.5) is 19.0 Å². The highest BCUT2D eigenvalue weighted by atomic mass is 35.5. The highest BCUT2D eigenvalue weighted by Gasteiger charge is 2.37. The number of pyridine rings is 1. The number of nitrogens with zero attached hydrogens (tertiary/aromatic N) is 3. The van der Waals surface area contributed by atoms with Crippen LogP contribution in [-0.2, 0) is 6.18 Å². The van der Waals surface area contributed by atoms with Crippen molar-refractivity contribution < 1.29 is 18.0 Å². The van der Waals surface area contributed by atoms with Gasteiger partial charge >= 0.3 is 6.18 Å². The summed E-state index contributed by atoms with van der Waals surface area (Å²) < 4.78 is 39.4. The molecule has 30 heavy (non-hydrogen) atoms. The summed E-state index contributed by atoms with van der Waals surface area (Å²) in [6.07, 6.45) is -2.74. The van der Waals surface area contributed by atoms with Crippen molar-refractivity contribution in [1.29, 1.82) is 0 Å². The van der Waals surface area contributed by atoms with Gasteiger partial charge in [0.2, 0.25) is 0 Å². The zero-order chi connectivity index (χ0) is 22.2. The second-order valence-corrected chi connectivity index (χ2v) is 7.38. The van der Waals surface area contributed by atoms with Gasteiger partial charge in [-0.1, -0.05) is 23.7 Å². The lowest BCUT2D eigenvalue weighted by molar-refractivity contribution is -0.137. The molecule has 6 nitrogen and oxygen atoms in total. The van der Waals surface area contributed by atoms with E-state index in [0.29, 0.717) is 23.6 Å². The van der Waals surface area contributed by atoms with Crippen LogP contribution < -0.4 is 16.6 Å². The lowest BCUT2D eigenvalue weighted by Crippen LogP contribution is -2.49. The quantitative estimate of drug-likeness (QED) is 0.560. The van der Waals surface area contributed by atoms with Gasteiger partial charge in [0.05, 0.1) is 33.6 Å². The summed E-state index contributed by atoms with van der Waals surface area (Å²) in [5.41, 5.74) is 6.79. The molecule has 160 valence electrons. The van der Waals surface area contributed by atoms with E-state index < -0.39 is 28.7 Å². The lowest BCUT2D eigenvalue weighted by Gasteiger charge is -2.38.